The summed E-state index contributed by atoms with van der Waals surface area (Å²) in [7, 11) is 1.65. The molecule has 1 aromatic heterocycles. The maximum absolute atomic E-state index is 5.83. The van der Waals surface area contributed by atoms with Gasteiger partial charge in [0.05, 0.1) is 13.2 Å². The first-order chi connectivity index (χ1) is 12.3. The van der Waals surface area contributed by atoms with E-state index in [4.69, 9.17) is 14.2 Å². The summed E-state index contributed by atoms with van der Waals surface area (Å²) < 4.78 is 17.1. The molecule has 1 saturated carbocycles. The van der Waals surface area contributed by atoms with E-state index in [-0.39, 0.29) is 6.79 Å². The zero-order valence-corrected chi connectivity index (χ0v) is 15.9. The number of fused-ring (bicyclic) bond motifs is 5. The minimum absolute atomic E-state index is 0.185. The quantitative estimate of drug-likeness (QED) is 0.488. The minimum Gasteiger partial charge on any atom is -0.465 e. The third-order valence-corrected chi connectivity index (χ3v) is 5.66. The fourth-order valence-corrected chi connectivity index (χ4v) is 4.36. The molecule has 2 unspecified atom stereocenters. The van der Waals surface area contributed by atoms with Crippen LogP contribution in [0.5, 0.6) is 5.75 Å². The van der Waals surface area contributed by atoms with E-state index in [0.717, 1.165) is 33.3 Å². The topological polar surface area (TPSA) is 40.6 Å². The summed E-state index contributed by atoms with van der Waals surface area (Å²) >= 11 is 3.48. The van der Waals surface area contributed by atoms with Crippen molar-refractivity contribution < 1.29 is 14.2 Å². The normalized spacial score (nSPS) is 20.7. The molecule has 2 aliphatic carbocycles. The van der Waals surface area contributed by atoms with Gasteiger partial charge in [-0.15, -0.1) is 0 Å². The molecule has 0 saturated heterocycles. The molecule has 132 valence electrons. The molecule has 0 radical (unpaired) electrons. The highest BCUT2D eigenvalue weighted by Gasteiger charge is 2.36. The molecule has 25 heavy (non-hydrogen) atoms. The molecule has 1 aromatic carbocycles. The maximum Gasteiger partial charge on any atom is 0.189 e. The molecular formula is C20H22BrNO3. The van der Waals surface area contributed by atoms with Gasteiger partial charge in [0, 0.05) is 23.3 Å². The van der Waals surface area contributed by atoms with E-state index in [2.05, 4.69) is 39.1 Å². The number of halogens is 1. The SMILES string of the molecule is COCCOCOc1cc(Br)cnc1-c1ccc2c(c1)C1CCC2C1. The molecule has 2 aliphatic rings. The first-order valence-electron chi connectivity index (χ1n) is 8.75. The number of pyridine rings is 1. The number of hydrogen-bond donors (Lipinski definition) is 0. The summed E-state index contributed by atoms with van der Waals surface area (Å²) in [6.07, 6.45) is 5.81. The molecule has 1 heterocycles. The Bertz CT molecular complexity index is 765. The monoisotopic (exact) mass is 403 g/mol. The summed E-state index contributed by atoms with van der Waals surface area (Å²) in [5.74, 6) is 2.24. The van der Waals surface area contributed by atoms with Crippen LogP contribution in [0.15, 0.2) is 34.9 Å². The predicted molar refractivity (Wildman–Crippen MR) is 100 cm³/mol. The van der Waals surface area contributed by atoms with Crippen LogP contribution in [0.25, 0.3) is 11.3 Å². The molecule has 1 fully saturated rings. The average molecular weight is 404 g/mol. The molecule has 0 amide bonds. The molecule has 5 heteroatoms. The minimum atomic E-state index is 0.185. The van der Waals surface area contributed by atoms with Crippen molar-refractivity contribution in [3.63, 3.8) is 0 Å². The van der Waals surface area contributed by atoms with Crippen LogP contribution in [-0.2, 0) is 9.47 Å². The summed E-state index contributed by atoms with van der Waals surface area (Å²) in [6, 6.07) is 8.72. The van der Waals surface area contributed by atoms with Gasteiger partial charge >= 0.3 is 0 Å². The number of rotatable bonds is 7. The maximum atomic E-state index is 5.83. The highest BCUT2D eigenvalue weighted by Crippen LogP contribution is 2.53. The third-order valence-electron chi connectivity index (χ3n) is 5.22. The average Bonchev–Trinajstić information content (AvgIpc) is 3.24. The smallest absolute Gasteiger partial charge is 0.189 e. The lowest BCUT2D eigenvalue weighted by atomic mass is 9.90. The van der Waals surface area contributed by atoms with E-state index in [1.54, 1.807) is 12.7 Å². The largest absolute Gasteiger partial charge is 0.465 e. The summed E-state index contributed by atoms with van der Waals surface area (Å²) in [5.41, 5.74) is 5.04. The van der Waals surface area contributed by atoms with E-state index >= 15 is 0 Å². The Morgan fingerprint density at radius 2 is 1.96 bits per heavy atom. The van der Waals surface area contributed by atoms with Crippen molar-refractivity contribution in [1.29, 1.82) is 0 Å². The van der Waals surface area contributed by atoms with E-state index in [1.165, 1.54) is 24.8 Å². The predicted octanol–water partition coefficient (Wildman–Crippen LogP) is 4.88. The highest BCUT2D eigenvalue weighted by molar-refractivity contribution is 9.10. The van der Waals surface area contributed by atoms with Crippen LogP contribution in [0, 0.1) is 0 Å². The number of aromatic nitrogens is 1. The van der Waals surface area contributed by atoms with Crippen molar-refractivity contribution in [2.75, 3.05) is 27.1 Å². The number of ether oxygens (including phenoxy) is 3. The molecule has 0 spiro atoms. The molecule has 4 rings (SSSR count). The Labute approximate surface area is 156 Å². The van der Waals surface area contributed by atoms with Crippen molar-refractivity contribution in [2.24, 2.45) is 0 Å². The van der Waals surface area contributed by atoms with Crippen molar-refractivity contribution >= 4 is 15.9 Å². The van der Waals surface area contributed by atoms with Crippen molar-refractivity contribution in [3.8, 4) is 17.0 Å². The van der Waals surface area contributed by atoms with Crippen LogP contribution in [0.2, 0.25) is 0 Å². The van der Waals surface area contributed by atoms with Crippen molar-refractivity contribution in [1.82, 2.24) is 4.98 Å². The van der Waals surface area contributed by atoms with Crippen LogP contribution in [-0.4, -0.2) is 32.1 Å². The number of hydrogen-bond acceptors (Lipinski definition) is 4. The van der Waals surface area contributed by atoms with Crippen molar-refractivity contribution in [2.45, 2.75) is 31.1 Å². The Morgan fingerprint density at radius 1 is 1.12 bits per heavy atom. The number of methoxy groups -OCH3 is 1. The fraction of sp³-hybridized carbons (Fsp3) is 0.450. The van der Waals surface area contributed by atoms with Gasteiger partial charge in [-0.25, -0.2) is 0 Å². The zero-order valence-electron chi connectivity index (χ0n) is 14.3. The molecule has 4 nitrogen and oxygen atoms in total. The summed E-state index contributed by atoms with van der Waals surface area (Å²) in [4.78, 5) is 4.60. The number of benzene rings is 1. The van der Waals surface area contributed by atoms with Gasteiger partial charge in [-0.1, -0.05) is 12.1 Å². The Hall–Kier alpha value is -1.43. The number of nitrogens with zero attached hydrogens (tertiary/aromatic N) is 1. The Kier molecular flexibility index (Phi) is 5.06. The third kappa shape index (κ3) is 3.46. The lowest BCUT2D eigenvalue weighted by Gasteiger charge is -2.17. The fourth-order valence-electron chi connectivity index (χ4n) is 4.05. The zero-order chi connectivity index (χ0) is 17.2. The van der Waals surface area contributed by atoms with Crippen LogP contribution in [0.3, 0.4) is 0 Å². The van der Waals surface area contributed by atoms with Gasteiger partial charge in [0.1, 0.15) is 11.4 Å². The highest BCUT2D eigenvalue weighted by atomic mass is 79.9. The van der Waals surface area contributed by atoms with Crippen LogP contribution >= 0.6 is 15.9 Å². The van der Waals surface area contributed by atoms with Gasteiger partial charge in [-0.2, -0.15) is 0 Å². The second-order valence-electron chi connectivity index (χ2n) is 6.71. The molecule has 2 aromatic rings. The van der Waals surface area contributed by atoms with Gasteiger partial charge in [0.2, 0.25) is 0 Å². The summed E-state index contributed by atoms with van der Waals surface area (Å²) in [5, 5.41) is 0. The van der Waals surface area contributed by atoms with Gasteiger partial charge in [-0.05, 0) is 70.3 Å². The van der Waals surface area contributed by atoms with Crippen LogP contribution < -0.4 is 4.74 Å². The molecule has 0 N–H and O–H groups in total. The Balaban J connectivity index is 1.57. The van der Waals surface area contributed by atoms with E-state index in [9.17, 15) is 0 Å². The van der Waals surface area contributed by atoms with Gasteiger partial charge in [-0.3, -0.25) is 4.98 Å². The summed E-state index contributed by atoms with van der Waals surface area (Å²) in [6.45, 7) is 1.25. The second kappa shape index (κ2) is 7.44. The van der Waals surface area contributed by atoms with Gasteiger partial charge < -0.3 is 14.2 Å². The van der Waals surface area contributed by atoms with E-state index < -0.39 is 0 Å². The van der Waals surface area contributed by atoms with E-state index in [1.807, 2.05) is 12.3 Å². The lowest BCUT2D eigenvalue weighted by Crippen LogP contribution is -2.08. The van der Waals surface area contributed by atoms with E-state index in [0.29, 0.717) is 13.2 Å². The van der Waals surface area contributed by atoms with Crippen LogP contribution in [0.1, 0.15) is 42.2 Å². The van der Waals surface area contributed by atoms with Crippen molar-refractivity contribution in [3.05, 3.63) is 46.1 Å². The molecular weight excluding hydrogens is 382 g/mol. The molecule has 0 aliphatic heterocycles. The van der Waals surface area contributed by atoms with Gasteiger partial charge in [0.15, 0.2) is 6.79 Å². The standard InChI is InChI=1S/C20H22BrNO3/c1-23-6-7-24-12-25-19-10-16(21)11-22-20(19)15-4-5-17-13-2-3-14(8-13)18(17)9-15/h4-5,9-11,13-14H,2-3,6-8,12H2,1H3. The van der Waals surface area contributed by atoms with Crippen LogP contribution in [0.4, 0.5) is 0 Å². The Morgan fingerprint density at radius 3 is 2.80 bits per heavy atom. The molecule has 2 bridgehead atoms. The second-order valence-corrected chi connectivity index (χ2v) is 7.63. The van der Waals surface area contributed by atoms with Gasteiger partial charge in [0.25, 0.3) is 0 Å². The molecule has 2 atom stereocenters. The first-order valence-corrected chi connectivity index (χ1v) is 9.55. The first kappa shape index (κ1) is 17.0. The lowest BCUT2D eigenvalue weighted by molar-refractivity contribution is -0.00837.